The van der Waals surface area contributed by atoms with Crippen LogP contribution in [0.5, 0.6) is 0 Å². The number of carbonyl (C=O) groups excluding carboxylic acids is 1. The fraction of sp³-hybridized carbons (Fsp3) is 0.148. The van der Waals surface area contributed by atoms with Crippen LogP contribution >= 0.6 is 11.8 Å². The number of thioether (sulfide) groups is 1. The number of anilines is 1. The standard InChI is InChI=1S/C27H23NOS/c1-3-8-25-26(29)28(24-12-7-9-20(2)19-24)27(30-25)23-17-15-22(16-18-23)14-13-21-10-5-4-6-11-21/h3-7,9-12,15-19,25,27H,1,8H2,2H3. The minimum atomic E-state index is -0.106. The monoisotopic (exact) mass is 409 g/mol. The number of hydrogen-bond donors (Lipinski definition) is 0. The average Bonchev–Trinajstić information content (AvgIpc) is 3.10. The van der Waals surface area contributed by atoms with Gasteiger partial charge in [-0.25, -0.2) is 0 Å². The second-order valence-electron chi connectivity index (χ2n) is 7.29. The van der Waals surface area contributed by atoms with Gasteiger partial charge in [0.2, 0.25) is 5.91 Å². The Balaban J connectivity index is 1.62. The second kappa shape index (κ2) is 9.07. The molecule has 30 heavy (non-hydrogen) atoms. The van der Waals surface area contributed by atoms with Gasteiger partial charge < -0.3 is 0 Å². The second-order valence-corrected chi connectivity index (χ2v) is 8.57. The predicted octanol–water partition coefficient (Wildman–Crippen LogP) is 6.12. The van der Waals surface area contributed by atoms with Crippen LogP contribution in [0.1, 0.15) is 34.0 Å². The Morgan fingerprint density at radius 3 is 2.33 bits per heavy atom. The summed E-state index contributed by atoms with van der Waals surface area (Å²) in [6, 6.07) is 26.3. The summed E-state index contributed by atoms with van der Waals surface area (Å²) < 4.78 is 0. The third-order valence-corrected chi connectivity index (χ3v) is 6.49. The normalized spacial score (nSPS) is 18.0. The van der Waals surface area contributed by atoms with E-state index in [0.29, 0.717) is 6.42 Å². The molecular weight excluding hydrogens is 386 g/mol. The molecular formula is C27H23NOS. The molecule has 0 bridgehead atoms. The van der Waals surface area contributed by atoms with Crippen molar-refractivity contribution >= 4 is 23.4 Å². The van der Waals surface area contributed by atoms with Gasteiger partial charge in [-0.1, -0.05) is 60.4 Å². The van der Waals surface area contributed by atoms with E-state index in [4.69, 9.17) is 0 Å². The van der Waals surface area contributed by atoms with Crippen molar-refractivity contribution in [2.75, 3.05) is 4.90 Å². The Morgan fingerprint density at radius 1 is 0.967 bits per heavy atom. The zero-order valence-corrected chi connectivity index (χ0v) is 17.7. The highest BCUT2D eigenvalue weighted by atomic mass is 32.2. The van der Waals surface area contributed by atoms with Crippen LogP contribution in [0, 0.1) is 18.8 Å². The minimum absolute atomic E-state index is 0.0552. The molecule has 0 radical (unpaired) electrons. The number of aryl methyl sites for hydroxylation is 1. The van der Waals surface area contributed by atoms with E-state index >= 15 is 0 Å². The molecule has 1 saturated heterocycles. The summed E-state index contributed by atoms with van der Waals surface area (Å²) in [7, 11) is 0. The third-order valence-electron chi connectivity index (χ3n) is 5.02. The number of nitrogens with zero attached hydrogens (tertiary/aromatic N) is 1. The fourth-order valence-corrected chi connectivity index (χ4v) is 4.97. The Hall–Kier alpha value is -3.22. The molecule has 3 heteroatoms. The van der Waals surface area contributed by atoms with Gasteiger partial charge in [0.25, 0.3) is 0 Å². The summed E-state index contributed by atoms with van der Waals surface area (Å²) in [6.07, 6.45) is 2.50. The highest BCUT2D eigenvalue weighted by molar-refractivity contribution is 8.01. The van der Waals surface area contributed by atoms with Crippen molar-refractivity contribution in [2.45, 2.75) is 24.0 Å². The van der Waals surface area contributed by atoms with E-state index in [0.717, 1.165) is 27.9 Å². The molecule has 1 aliphatic heterocycles. The quantitative estimate of drug-likeness (QED) is 0.382. The molecule has 1 heterocycles. The van der Waals surface area contributed by atoms with Crippen molar-refractivity contribution in [2.24, 2.45) is 0 Å². The molecule has 2 unspecified atom stereocenters. The number of benzene rings is 3. The van der Waals surface area contributed by atoms with Gasteiger partial charge in [0.05, 0.1) is 5.25 Å². The van der Waals surface area contributed by atoms with Crippen LogP contribution in [0.2, 0.25) is 0 Å². The van der Waals surface area contributed by atoms with E-state index in [1.165, 1.54) is 0 Å². The number of hydrogen-bond acceptors (Lipinski definition) is 2. The minimum Gasteiger partial charge on any atom is -0.295 e. The lowest BCUT2D eigenvalue weighted by Gasteiger charge is -2.24. The fourth-order valence-electron chi connectivity index (χ4n) is 3.52. The Bertz CT molecular complexity index is 1110. The molecule has 3 aromatic carbocycles. The molecule has 2 nitrogen and oxygen atoms in total. The summed E-state index contributed by atoms with van der Waals surface area (Å²) in [5.74, 6) is 6.55. The molecule has 0 N–H and O–H groups in total. The van der Waals surface area contributed by atoms with Crippen LogP contribution in [-0.2, 0) is 4.79 Å². The molecule has 1 amide bonds. The zero-order valence-electron chi connectivity index (χ0n) is 16.9. The van der Waals surface area contributed by atoms with Crippen molar-refractivity contribution in [3.8, 4) is 11.8 Å². The number of amides is 1. The Morgan fingerprint density at radius 2 is 1.67 bits per heavy atom. The van der Waals surface area contributed by atoms with Gasteiger partial charge in [0.1, 0.15) is 5.37 Å². The first-order valence-electron chi connectivity index (χ1n) is 9.99. The maximum Gasteiger partial charge on any atom is 0.241 e. The first-order chi connectivity index (χ1) is 14.7. The van der Waals surface area contributed by atoms with Crippen molar-refractivity contribution in [3.05, 3.63) is 114 Å². The van der Waals surface area contributed by atoms with E-state index in [9.17, 15) is 4.79 Å². The lowest BCUT2D eigenvalue weighted by Crippen LogP contribution is -2.30. The predicted molar refractivity (Wildman–Crippen MR) is 126 cm³/mol. The van der Waals surface area contributed by atoms with Crippen LogP contribution in [0.4, 0.5) is 5.69 Å². The van der Waals surface area contributed by atoms with E-state index in [1.807, 2.05) is 78.6 Å². The van der Waals surface area contributed by atoms with Gasteiger partial charge >= 0.3 is 0 Å². The van der Waals surface area contributed by atoms with Crippen LogP contribution in [0.25, 0.3) is 0 Å². The van der Waals surface area contributed by atoms with Crippen molar-refractivity contribution in [3.63, 3.8) is 0 Å². The first-order valence-corrected chi connectivity index (χ1v) is 10.9. The third kappa shape index (κ3) is 4.35. The van der Waals surface area contributed by atoms with E-state index in [-0.39, 0.29) is 16.5 Å². The maximum absolute atomic E-state index is 13.2. The van der Waals surface area contributed by atoms with E-state index < -0.39 is 0 Å². The van der Waals surface area contributed by atoms with Gasteiger partial charge in [-0.3, -0.25) is 9.69 Å². The number of allylic oxidation sites excluding steroid dienone is 1. The summed E-state index contributed by atoms with van der Waals surface area (Å²) in [5, 5.41) is -0.161. The summed E-state index contributed by atoms with van der Waals surface area (Å²) in [5.41, 5.74) is 5.14. The van der Waals surface area contributed by atoms with Gasteiger partial charge in [0, 0.05) is 16.8 Å². The molecule has 0 spiro atoms. The lowest BCUT2D eigenvalue weighted by molar-refractivity contribution is -0.117. The van der Waals surface area contributed by atoms with Gasteiger partial charge in [-0.05, 0) is 60.9 Å². The largest absolute Gasteiger partial charge is 0.295 e. The topological polar surface area (TPSA) is 20.3 Å². The Kier molecular flexibility index (Phi) is 6.07. The van der Waals surface area contributed by atoms with Crippen molar-refractivity contribution in [1.29, 1.82) is 0 Å². The highest BCUT2D eigenvalue weighted by Crippen LogP contribution is 2.46. The van der Waals surface area contributed by atoms with Crippen LogP contribution in [0.3, 0.4) is 0 Å². The first kappa shape index (κ1) is 20.1. The molecule has 2 atom stereocenters. The number of carbonyl (C=O) groups is 1. The molecule has 4 rings (SSSR count). The van der Waals surface area contributed by atoms with Gasteiger partial charge in [-0.2, -0.15) is 0 Å². The molecule has 1 fully saturated rings. The smallest absolute Gasteiger partial charge is 0.241 e. The van der Waals surface area contributed by atoms with Crippen molar-refractivity contribution in [1.82, 2.24) is 0 Å². The molecule has 148 valence electrons. The molecule has 0 aromatic heterocycles. The summed E-state index contributed by atoms with van der Waals surface area (Å²) in [4.78, 5) is 15.1. The molecule has 0 aliphatic carbocycles. The summed E-state index contributed by atoms with van der Waals surface area (Å²) in [6.45, 7) is 5.88. The van der Waals surface area contributed by atoms with Crippen LogP contribution in [0.15, 0.2) is 91.5 Å². The number of rotatable bonds is 4. The van der Waals surface area contributed by atoms with Crippen molar-refractivity contribution < 1.29 is 4.79 Å². The summed E-state index contributed by atoms with van der Waals surface area (Å²) >= 11 is 1.69. The van der Waals surface area contributed by atoms with E-state index in [1.54, 1.807) is 11.8 Å². The zero-order chi connectivity index (χ0) is 20.9. The lowest BCUT2D eigenvalue weighted by atomic mass is 10.1. The van der Waals surface area contributed by atoms with E-state index in [2.05, 4.69) is 36.6 Å². The average molecular weight is 410 g/mol. The molecule has 3 aromatic rings. The SMILES string of the molecule is C=CCC1SC(c2ccc(C#Cc3ccccc3)cc2)N(c2cccc(C)c2)C1=O. The molecule has 0 saturated carbocycles. The maximum atomic E-state index is 13.2. The Labute approximate surface area is 182 Å². The molecule has 1 aliphatic rings. The van der Waals surface area contributed by atoms with Gasteiger partial charge in [0.15, 0.2) is 0 Å². The van der Waals surface area contributed by atoms with Crippen LogP contribution < -0.4 is 4.90 Å². The van der Waals surface area contributed by atoms with Gasteiger partial charge in [-0.15, -0.1) is 18.3 Å². The highest BCUT2D eigenvalue weighted by Gasteiger charge is 2.41. The van der Waals surface area contributed by atoms with Crippen LogP contribution in [-0.4, -0.2) is 11.2 Å².